The smallest absolute Gasteiger partial charge is 0.336 e. The lowest BCUT2D eigenvalue weighted by atomic mass is 9.98. The van der Waals surface area contributed by atoms with Crippen molar-refractivity contribution in [3.63, 3.8) is 0 Å². The Hall–Kier alpha value is -4.52. The van der Waals surface area contributed by atoms with E-state index in [1.54, 1.807) is 26.0 Å². The first kappa shape index (κ1) is 26.1. The number of anilines is 1. The molecule has 1 N–H and O–H groups in total. The van der Waals surface area contributed by atoms with Gasteiger partial charge in [0.2, 0.25) is 0 Å². The topological polar surface area (TPSA) is 92.5 Å². The Morgan fingerprint density at radius 1 is 0.923 bits per heavy atom. The van der Waals surface area contributed by atoms with Gasteiger partial charge < -0.3 is 9.67 Å². The lowest BCUT2D eigenvalue weighted by molar-refractivity contribution is -0.120. The van der Waals surface area contributed by atoms with Gasteiger partial charge in [0.25, 0.3) is 11.8 Å². The van der Waals surface area contributed by atoms with Crippen LogP contribution in [0.25, 0.3) is 22.2 Å². The van der Waals surface area contributed by atoms with E-state index in [4.69, 9.17) is 4.98 Å². The number of amides is 2. The van der Waals surface area contributed by atoms with Crippen LogP contribution in [0.15, 0.2) is 71.8 Å². The molecule has 0 bridgehead atoms. The molecule has 1 aliphatic rings. The van der Waals surface area contributed by atoms with Gasteiger partial charge in [0, 0.05) is 24.1 Å². The number of carboxylic acids is 1. The van der Waals surface area contributed by atoms with E-state index in [1.807, 2.05) is 55.5 Å². The maximum absolute atomic E-state index is 12.9. The predicted molar refractivity (Wildman–Crippen MR) is 152 cm³/mol. The molecule has 0 aliphatic carbocycles. The van der Waals surface area contributed by atoms with E-state index in [0.29, 0.717) is 28.9 Å². The fourth-order valence-electron chi connectivity index (χ4n) is 5.13. The number of nitrogens with zero attached hydrogens (tertiary/aromatic N) is 3. The number of aromatic nitrogens is 2. The van der Waals surface area contributed by atoms with Crippen LogP contribution in [0.5, 0.6) is 0 Å². The molecule has 198 valence electrons. The minimum atomic E-state index is -0.957. The van der Waals surface area contributed by atoms with Crippen molar-refractivity contribution < 1.29 is 19.5 Å². The zero-order chi connectivity index (χ0) is 27.8. The molecule has 7 nitrogen and oxygen atoms in total. The van der Waals surface area contributed by atoms with E-state index in [-0.39, 0.29) is 17.4 Å². The van der Waals surface area contributed by atoms with Crippen molar-refractivity contribution in [2.24, 2.45) is 0 Å². The molecule has 0 unspecified atom stereocenters. The number of aromatic carboxylic acids is 1. The van der Waals surface area contributed by atoms with Gasteiger partial charge in [-0.05, 0) is 67.6 Å². The number of hydrogen-bond donors (Lipinski definition) is 1. The average molecular weight is 522 g/mol. The van der Waals surface area contributed by atoms with E-state index >= 15 is 0 Å². The summed E-state index contributed by atoms with van der Waals surface area (Å²) in [6.07, 6.45) is 2.84. The number of rotatable bonds is 8. The monoisotopic (exact) mass is 521 g/mol. The summed E-state index contributed by atoms with van der Waals surface area (Å²) in [4.78, 5) is 43.7. The fourth-order valence-corrected chi connectivity index (χ4v) is 5.13. The molecule has 0 spiro atoms. The first-order chi connectivity index (χ1) is 18.7. The number of hydrogen-bond acceptors (Lipinski definition) is 4. The van der Waals surface area contributed by atoms with Crippen molar-refractivity contribution in [3.05, 3.63) is 94.3 Å². The van der Waals surface area contributed by atoms with E-state index < -0.39 is 5.97 Å². The van der Waals surface area contributed by atoms with Crippen LogP contribution in [0.2, 0.25) is 0 Å². The van der Waals surface area contributed by atoms with Gasteiger partial charge in [0.1, 0.15) is 5.82 Å². The number of unbranched alkanes of at least 4 members (excludes halogenated alkanes) is 1. The van der Waals surface area contributed by atoms with Gasteiger partial charge in [0.05, 0.1) is 22.3 Å². The molecule has 1 aliphatic heterocycles. The van der Waals surface area contributed by atoms with Crippen LogP contribution in [-0.4, -0.2) is 32.4 Å². The summed E-state index contributed by atoms with van der Waals surface area (Å²) in [6, 6.07) is 18.6. The number of aryl methyl sites for hydroxylation is 2. The van der Waals surface area contributed by atoms with Crippen molar-refractivity contribution in [1.29, 1.82) is 0 Å². The van der Waals surface area contributed by atoms with Crippen molar-refractivity contribution >= 4 is 34.5 Å². The van der Waals surface area contributed by atoms with E-state index in [9.17, 15) is 19.5 Å². The van der Waals surface area contributed by atoms with Gasteiger partial charge in [-0.1, -0.05) is 55.8 Å². The molecular formula is C32H31N3O4. The number of fused-ring (bicyclic) bond motifs is 1. The maximum atomic E-state index is 12.9. The van der Waals surface area contributed by atoms with Crippen LogP contribution >= 0.6 is 0 Å². The normalized spacial score (nSPS) is 13.7. The molecule has 0 saturated heterocycles. The fraction of sp³-hybridized carbons (Fsp3) is 0.250. The molecule has 0 radical (unpaired) electrons. The van der Waals surface area contributed by atoms with Crippen LogP contribution < -0.4 is 4.90 Å². The molecule has 1 aromatic heterocycles. The Kier molecular flexibility index (Phi) is 6.91. The summed E-state index contributed by atoms with van der Waals surface area (Å²) in [7, 11) is 0. The van der Waals surface area contributed by atoms with Crippen LogP contribution in [0.3, 0.4) is 0 Å². The second kappa shape index (κ2) is 10.3. The summed E-state index contributed by atoms with van der Waals surface area (Å²) >= 11 is 0. The minimum absolute atomic E-state index is 0.265. The Labute approximate surface area is 227 Å². The van der Waals surface area contributed by atoms with Crippen LogP contribution in [0.1, 0.15) is 60.9 Å². The molecule has 2 heterocycles. The van der Waals surface area contributed by atoms with Gasteiger partial charge >= 0.3 is 5.97 Å². The van der Waals surface area contributed by atoms with E-state index in [2.05, 4.69) is 11.5 Å². The first-order valence-electron chi connectivity index (χ1n) is 13.2. The molecule has 4 aromatic rings. The molecule has 0 saturated carbocycles. The highest BCUT2D eigenvalue weighted by atomic mass is 16.4. The molecule has 39 heavy (non-hydrogen) atoms. The van der Waals surface area contributed by atoms with Crippen molar-refractivity contribution in [2.45, 2.75) is 53.5 Å². The van der Waals surface area contributed by atoms with Crippen molar-refractivity contribution in [2.75, 3.05) is 4.90 Å². The van der Waals surface area contributed by atoms with Crippen LogP contribution in [0, 0.1) is 6.92 Å². The summed E-state index contributed by atoms with van der Waals surface area (Å²) in [5.74, 6) is -0.574. The molecule has 0 atom stereocenters. The molecule has 0 fully saturated rings. The zero-order valence-corrected chi connectivity index (χ0v) is 22.6. The van der Waals surface area contributed by atoms with E-state index in [0.717, 1.165) is 52.8 Å². The molecule has 5 rings (SSSR count). The van der Waals surface area contributed by atoms with Crippen LogP contribution in [-0.2, 0) is 22.6 Å². The summed E-state index contributed by atoms with van der Waals surface area (Å²) < 4.78 is 2.17. The molecule has 2 amide bonds. The largest absolute Gasteiger partial charge is 0.478 e. The Morgan fingerprint density at radius 2 is 1.59 bits per heavy atom. The van der Waals surface area contributed by atoms with Crippen molar-refractivity contribution in [1.82, 2.24) is 9.55 Å². The number of carbonyl (C=O) groups is 3. The zero-order valence-electron chi connectivity index (χ0n) is 22.6. The minimum Gasteiger partial charge on any atom is -0.478 e. The third-order valence-electron chi connectivity index (χ3n) is 7.49. The average Bonchev–Trinajstić information content (AvgIpc) is 3.37. The number of imide groups is 1. The van der Waals surface area contributed by atoms with Gasteiger partial charge in [-0.3, -0.25) is 9.59 Å². The van der Waals surface area contributed by atoms with Gasteiger partial charge in [-0.15, -0.1) is 0 Å². The van der Waals surface area contributed by atoms with Gasteiger partial charge in [0.15, 0.2) is 0 Å². The Bertz CT molecular complexity index is 1640. The second-order valence-corrected chi connectivity index (χ2v) is 10.1. The second-order valence-electron chi connectivity index (χ2n) is 10.1. The van der Waals surface area contributed by atoms with Crippen LogP contribution in [0.4, 0.5) is 5.69 Å². The summed E-state index contributed by atoms with van der Waals surface area (Å²) in [5, 5.41) is 9.58. The number of benzene rings is 3. The molecule has 7 heteroatoms. The third-order valence-corrected chi connectivity index (χ3v) is 7.49. The first-order valence-corrected chi connectivity index (χ1v) is 13.2. The molecular weight excluding hydrogens is 490 g/mol. The highest BCUT2D eigenvalue weighted by Crippen LogP contribution is 2.33. The maximum Gasteiger partial charge on any atom is 0.336 e. The van der Waals surface area contributed by atoms with Gasteiger partial charge in [-0.2, -0.15) is 0 Å². The summed E-state index contributed by atoms with van der Waals surface area (Å²) in [5.41, 5.74) is 6.94. The standard InChI is InChI=1S/C32H31N3O4/c1-5-6-11-28-33-29-19(2)16-24(35-30(36)20(3)21(4)31(35)37)17-27(29)34(28)18-22-12-14-23(15-13-22)25-9-7-8-10-26(25)32(38)39/h7-10,12-17H,5-6,11,18H2,1-4H3,(H,38,39). The lowest BCUT2D eigenvalue weighted by Gasteiger charge is -2.17. The van der Waals surface area contributed by atoms with Gasteiger partial charge in [-0.25, -0.2) is 14.7 Å². The highest BCUT2D eigenvalue weighted by Gasteiger charge is 2.35. The third kappa shape index (κ3) is 4.65. The Balaban J connectivity index is 1.55. The summed E-state index contributed by atoms with van der Waals surface area (Å²) in [6.45, 7) is 8.03. The van der Waals surface area contributed by atoms with Crippen molar-refractivity contribution in [3.8, 4) is 11.1 Å². The Morgan fingerprint density at radius 3 is 2.23 bits per heavy atom. The SMILES string of the molecule is CCCCc1nc2c(C)cc(N3C(=O)C(C)=C(C)C3=O)cc2n1Cc1ccc(-c2ccccc2C(=O)O)cc1. The quantitative estimate of drug-likeness (QED) is 0.274. The molecule has 3 aromatic carbocycles. The highest BCUT2D eigenvalue weighted by molar-refractivity contribution is 6.32. The predicted octanol–water partition coefficient (Wildman–Crippen LogP) is 6.31. The van der Waals surface area contributed by atoms with E-state index in [1.165, 1.54) is 4.90 Å². The lowest BCUT2D eigenvalue weighted by Crippen LogP contribution is -2.31. The number of imidazole rings is 1. The number of carboxylic acid groups (broad SMARTS) is 1. The number of carbonyl (C=O) groups excluding carboxylic acids is 2.